The smallest absolute Gasteiger partial charge is 0.346 e. The molecule has 3 rings (SSSR count). The fraction of sp³-hybridized carbons (Fsp3) is 0.318. The third-order valence-electron chi connectivity index (χ3n) is 4.29. The van der Waals surface area contributed by atoms with Gasteiger partial charge in [0.25, 0.3) is 0 Å². The highest BCUT2D eigenvalue weighted by Crippen LogP contribution is 2.43. The van der Waals surface area contributed by atoms with Crippen LogP contribution < -0.4 is 14.2 Å². The highest BCUT2D eigenvalue weighted by atomic mass is 16.6. The molecule has 0 N–H and O–H groups in total. The molecule has 0 aromatic heterocycles. The van der Waals surface area contributed by atoms with Gasteiger partial charge in [-0.2, -0.15) is 0 Å². The first-order valence-corrected chi connectivity index (χ1v) is 8.86. The summed E-state index contributed by atoms with van der Waals surface area (Å²) in [5, 5.41) is 0. The number of carbonyl (C=O) groups is 1. The monoisotopic (exact) mass is 368 g/mol. The van der Waals surface area contributed by atoms with Crippen molar-refractivity contribution < 1.29 is 23.7 Å². The summed E-state index contributed by atoms with van der Waals surface area (Å²) in [4.78, 5) is 12.7. The number of carbonyl (C=O) groups excluding carboxylic acids is 1. The largest absolute Gasteiger partial charge is 0.495 e. The molecular weight excluding hydrogens is 344 g/mol. The van der Waals surface area contributed by atoms with Crippen LogP contribution in [0.1, 0.15) is 40.9 Å². The van der Waals surface area contributed by atoms with Gasteiger partial charge in [0, 0.05) is 11.1 Å². The molecule has 2 aromatic rings. The minimum absolute atomic E-state index is 0.0981. The van der Waals surface area contributed by atoms with Crippen LogP contribution in [-0.4, -0.2) is 20.2 Å². The van der Waals surface area contributed by atoms with Gasteiger partial charge in [-0.15, -0.1) is 0 Å². The molecule has 5 heteroatoms. The average molecular weight is 368 g/mol. The summed E-state index contributed by atoms with van der Waals surface area (Å²) < 4.78 is 22.7. The van der Waals surface area contributed by atoms with E-state index in [2.05, 4.69) is 13.8 Å². The number of aryl methyl sites for hydroxylation is 1. The van der Waals surface area contributed by atoms with Gasteiger partial charge in [0.05, 0.1) is 14.2 Å². The van der Waals surface area contributed by atoms with Crippen molar-refractivity contribution in [3.05, 3.63) is 52.6 Å². The Balaban J connectivity index is 2.16. The zero-order valence-electron chi connectivity index (χ0n) is 16.3. The van der Waals surface area contributed by atoms with Crippen molar-refractivity contribution in [3.8, 4) is 23.0 Å². The van der Waals surface area contributed by atoms with Gasteiger partial charge < -0.3 is 18.9 Å². The van der Waals surface area contributed by atoms with Crippen LogP contribution in [0.2, 0.25) is 0 Å². The Morgan fingerprint density at radius 1 is 1.15 bits per heavy atom. The normalized spacial score (nSPS) is 13.3. The lowest BCUT2D eigenvalue weighted by Gasteiger charge is -2.22. The van der Waals surface area contributed by atoms with E-state index in [4.69, 9.17) is 18.9 Å². The second-order valence-electron chi connectivity index (χ2n) is 6.80. The number of hydrogen-bond donors (Lipinski definition) is 0. The first-order valence-electron chi connectivity index (χ1n) is 8.86. The van der Waals surface area contributed by atoms with E-state index in [0.717, 1.165) is 16.7 Å². The maximum Gasteiger partial charge on any atom is 0.346 e. The minimum Gasteiger partial charge on any atom is -0.495 e. The molecule has 0 fully saturated rings. The number of hydrogen-bond acceptors (Lipinski definition) is 5. The van der Waals surface area contributed by atoms with Crippen LogP contribution in [-0.2, 0) is 11.3 Å². The lowest BCUT2D eigenvalue weighted by molar-refractivity contribution is 0.0455. The summed E-state index contributed by atoms with van der Waals surface area (Å²) in [6.45, 7) is 6.22. The molecule has 27 heavy (non-hydrogen) atoms. The SMILES string of the molecule is COc1cc(C)cc2c1Oc1ccc(C=CC(C)C)c(OC)c1C(=O)OC2. The molecule has 0 atom stereocenters. The van der Waals surface area contributed by atoms with E-state index in [1.165, 1.54) is 7.11 Å². The maximum atomic E-state index is 12.7. The fourth-order valence-electron chi connectivity index (χ4n) is 3.02. The van der Waals surface area contributed by atoms with Crippen LogP contribution in [0, 0.1) is 12.8 Å². The molecule has 0 amide bonds. The van der Waals surface area contributed by atoms with Gasteiger partial charge in [0.15, 0.2) is 11.5 Å². The third-order valence-corrected chi connectivity index (χ3v) is 4.29. The van der Waals surface area contributed by atoms with Gasteiger partial charge in [-0.25, -0.2) is 4.79 Å². The molecule has 1 aliphatic rings. The van der Waals surface area contributed by atoms with Gasteiger partial charge in [0.2, 0.25) is 0 Å². The van der Waals surface area contributed by atoms with E-state index < -0.39 is 5.97 Å². The summed E-state index contributed by atoms with van der Waals surface area (Å²) in [5.41, 5.74) is 2.82. The summed E-state index contributed by atoms with van der Waals surface area (Å²) in [6.07, 6.45) is 3.98. The highest BCUT2D eigenvalue weighted by molar-refractivity contribution is 5.97. The Morgan fingerprint density at radius 3 is 2.59 bits per heavy atom. The lowest BCUT2D eigenvalue weighted by Crippen LogP contribution is -2.13. The van der Waals surface area contributed by atoms with Crippen molar-refractivity contribution in [1.29, 1.82) is 0 Å². The molecule has 0 unspecified atom stereocenters. The summed E-state index contributed by atoms with van der Waals surface area (Å²) >= 11 is 0. The maximum absolute atomic E-state index is 12.7. The minimum atomic E-state index is -0.479. The highest BCUT2D eigenvalue weighted by Gasteiger charge is 2.27. The second-order valence-corrected chi connectivity index (χ2v) is 6.80. The number of methoxy groups -OCH3 is 2. The van der Waals surface area contributed by atoms with Gasteiger partial charge >= 0.3 is 5.97 Å². The molecule has 0 saturated heterocycles. The molecule has 0 saturated carbocycles. The number of allylic oxidation sites excluding steroid dienone is 1. The number of benzene rings is 2. The van der Waals surface area contributed by atoms with Crippen molar-refractivity contribution >= 4 is 12.0 Å². The zero-order chi connectivity index (χ0) is 19.6. The molecular formula is C22H24O5. The number of cyclic esters (lactones) is 1. The molecule has 2 aromatic carbocycles. The predicted octanol–water partition coefficient (Wildman–Crippen LogP) is 5.14. The van der Waals surface area contributed by atoms with Crippen molar-refractivity contribution in [1.82, 2.24) is 0 Å². The molecule has 1 heterocycles. The average Bonchev–Trinajstić information content (AvgIpc) is 2.64. The van der Waals surface area contributed by atoms with Crippen molar-refractivity contribution in [3.63, 3.8) is 0 Å². The molecule has 1 aliphatic heterocycles. The molecule has 0 aliphatic carbocycles. The number of fused-ring (bicyclic) bond motifs is 2. The van der Waals surface area contributed by atoms with E-state index in [1.807, 2.05) is 37.3 Å². The first-order chi connectivity index (χ1) is 12.9. The van der Waals surface area contributed by atoms with E-state index >= 15 is 0 Å². The number of esters is 1. The Hall–Kier alpha value is -2.95. The predicted molar refractivity (Wildman–Crippen MR) is 104 cm³/mol. The van der Waals surface area contributed by atoms with E-state index in [1.54, 1.807) is 13.2 Å². The summed E-state index contributed by atoms with van der Waals surface area (Å²) in [5.74, 6) is 1.85. The van der Waals surface area contributed by atoms with Crippen LogP contribution in [0.5, 0.6) is 23.0 Å². The Labute approximate surface area is 159 Å². The van der Waals surface area contributed by atoms with Crippen LogP contribution >= 0.6 is 0 Å². The zero-order valence-corrected chi connectivity index (χ0v) is 16.3. The van der Waals surface area contributed by atoms with Gasteiger partial charge in [-0.05, 0) is 42.7 Å². The van der Waals surface area contributed by atoms with Gasteiger partial charge in [-0.3, -0.25) is 0 Å². The Morgan fingerprint density at radius 2 is 1.93 bits per heavy atom. The fourth-order valence-corrected chi connectivity index (χ4v) is 3.02. The molecule has 0 bridgehead atoms. The van der Waals surface area contributed by atoms with Crippen molar-refractivity contribution in [2.75, 3.05) is 14.2 Å². The van der Waals surface area contributed by atoms with E-state index in [9.17, 15) is 4.79 Å². The van der Waals surface area contributed by atoms with Gasteiger partial charge in [-0.1, -0.05) is 26.0 Å². The topological polar surface area (TPSA) is 54.0 Å². The third kappa shape index (κ3) is 3.77. The summed E-state index contributed by atoms with van der Waals surface area (Å²) in [6, 6.07) is 7.44. The van der Waals surface area contributed by atoms with E-state index in [0.29, 0.717) is 28.9 Å². The quantitative estimate of drug-likeness (QED) is 0.699. The van der Waals surface area contributed by atoms with Crippen LogP contribution in [0.25, 0.3) is 6.08 Å². The summed E-state index contributed by atoms with van der Waals surface area (Å²) in [7, 11) is 3.12. The Bertz CT molecular complexity index is 896. The standard InChI is InChI=1S/C22H24O5/c1-13(2)6-7-15-8-9-17-19(21(15)25-5)22(23)26-12-16-10-14(3)11-18(24-4)20(16)27-17/h6-11,13H,12H2,1-5H3. The number of rotatable bonds is 4. The van der Waals surface area contributed by atoms with Crippen LogP contribution in [0.15, 0.2) is 30.3 Å². The number of ether oxygens (including phenoxy) is 4. The first kappa shape index (κ1) is 18.8. The van der Waals surface area contributed by atoms with Crippen molar-refractivity contribution in [2.24, 2.45) is 5.92 Å². The van der Waals surface area contributed by atoms with Crippen LogP contribution in [0.4, 0.5) is 0 Å². The van der Waals surface area contributed by atoms with E-state index in [-0.39, 0.29) is 12.2 Å². The molecule has 0 spiro atoms. The van der Waals surface area contributed by atoms with Gasteiger partial charge in [0.1, 0.15) is 23.7 Å². The second kappa shape index (κ2) is 7.74. The molecule has 142 valence electrons. The lowest BCUT2D eigenvalue weighted by atomic mass is 10.0. The van der Waals surface area contributed by atoms with Crippen LogP contribution in [0.3, 0.4) is 0 Å². The van der Waals surface area contributed by atoms with Crippen molar-refractivity contribution in [2.45, 2.75) is 27.4 Å². The molecule has 0 radical (unpaired) electrons. The molecule has 5 nitrogen and oxygen atoms in total. The Kier molecular flexibility index (Phi) is 5.40.